The predicted octanol–water partition coefficient (Wildman–Crippen LogP) is 1.83. The number of rotatable bonds is 4. The molecular formula is C14H19NO5. The highest BCUT2D eigenvalue weighted by Gasteiger charge is 2.17. The van der Waals surface area contributed by atoms with Gasteiger partial charge in [-0.1, -0.05) is 24.3 Å². The first-order valence-electron chi connectivity index (χ1n) is 6.15. The third-order valence-corrected chi connectivity index (χ3v) is 2.37. The lowest BCUT2D eigenvalue weighted by molar-refractivity contribution is -0.146. The minimum atomic E-state index is -1.54. The zero-order valence-corrected chi connectivity index (χ0v) is 11.7. The Morgan fingerprint density at radius 3 is 2.25 bits per heavy atom. The van der Waals surface area contributed by atoms with E-state index in [4.69, 9.17) is 9.84 Å². The van der Waals surface area contributed by atoms with Gasteiger partial charge in [0.2, 0.25) is 0 Å². The van der Waals surface area contributed by atoms with Gasteiger partial charge in [-0.15, -0.1) is 0 Å². The van der Waals surface area contributed by atoms with Crippen LogP contribution in [0.1, 0.15) is 38.0 Å². The van der Waals surface area contributed by atoms with Gasteiger partial charge in [0, 0.05) is 6.54 Å². The molecule has 1 amide bonds. The molecular weight excluding hydrogens is 262 g/mol. The summed E-state index contributed by atoms with van der Waals surface area (Å²) < 4.78 is 5.09. The third-order valence-electron chi connectivity index (χ3n) is 2.37. The van der Waals surface area contributed by atoms with Gasteiger partial charge >= 0.3 is 12.1 Å². The highest BCUT2D eigenvalue weighted by Crippen LogP contribution is 2.14. The summed E-state index contributed by atoms with van der Waals surface area (Å²) in [5.74, 6) is -1.30. The SMILES string of the molecule is CC(C)(C)OC(=O)NCc1ccc([C@H](O)C(=O)O)cc1. The second-order valence-corrected chi connectivity index (χ2v) is 5.34. The van der Waals surface area contributed by atoms with E-state index in [1.54, 1.807) is 32.9 Å². The molecule has 0 saturated carbocycles. The Hall–Kier alpha value is -2.08. The number of nitrogens with one attached hydrogen (secondary N) is 1. The van der Waals surface area contributed by atoms with Crippen molar-refractivity contribution in [2.45, 2.75) is 39.0 Å². The first-order valence-corrected chi connectivity index (χ1v) is 6.15. The van der Waals surface area contributed by atoms with Crippen LogP contribution in [0.4, 0.5) is 4.79 Å². The van der Waals surface area contributed by atoms with Crippen LogP contribution in [0.2, 0.25) is 0 Å². The van der Waals surface area contributed by atoms with Crippen LogP contribution in [0.25, 0.3) is 0 Å². The van der Waals surface area contributed by atoms with E-state index in [-0.39, 0.29) is 6.54 Å². The highest BCUT2D eigenvalue weighted by molar-refractivity contribution is 5.74. The quantitative estimate of drug-likeness (QED) is 0.782. The van der Waals surface area contributed by atoms with Gasteiger partial charge in [0.25, 0.3) is 0 Å². The Morgan fingerprint density at radius 2 is 1.80 bits per heavy atom. The second-order valence-electron chi connectivity index (χ2n) is 5.34. The lowest BCUT2D eigenvalue weighted by Crippen LogP contribution is -2.32. The van der Waals surface area contributed by atoms with Crippen molar-refractivity contribution in [1.29, 1.82) is 0 Å². The summed E-state index contributed by atoms with van der Waals surface area (Å²) in [7, 11) is 0. The zero-order valence-electron chi connectivity index (χ0n) is 11.7. The van der Waals surface area contributed by atoms with Gasteiger partial charge in [-0.3, -0.25) is 0 Å². The number of aliphatic hydroxyl groups is 1. The minimum absolute atomic E-state index is 0.262. The highest BCUT2D eigenvalue weighted by atomic mass is 16.6. The van der Waals surface area contributed by atoms with E-state index >= 15 is 0 Å². The molecule has 1 rings (SSSR count). The first kappa shape index (κ1) is 16.0. The Labute approximate surface area is 117 Å². The molecule has 110 valence electrons. The van der Waals surface area contributed by atoms with Crippen LogP contribution in [0, 0.1) is 0 Å². The van der Waals surface area contributed by atoms with Crippen molar-refractivity contribution in [1.82, 2.24) is 5.32 Å². The molecule has 0 aliphatic rings. The first-order chi connectivity index (χ1) is 9.19. The summed E-state index contributed by atoms with van der Waals surface area (Å²) in [6, 6.07) is 6.29. The number of aliphatic hydroxyl groups excluding tert-OH is 1. The molecule has 0 unspecified atom stereocenters. The number of hydrogen-bond acceptors (Lipinski definition) is 4. The second kappa shape index (κ2) is 6.38. The number of carbonyl (C=O) groups is 2. The van der Waals surface area contributed by atoms with Gasteiger partial charge in [0.1, 0.15) is 5.60 Å². The van der Waals surface area contributed by atoms with E-state index in [0.717, 1.165) is 5.56 Å². The van der Waals surface area contributed by atoms with Crippen molar-refractivity contribution in [3.8, 4) is 0 Å². The zero-order chi connectivity index (χ0) is 15.3. The standard InChI is InChI=1S/C14H19NO5/c1-14(2,3)20-13(19)15-8-9-4-6-10(7-5-9)11(16)12(17)18/h4-7,11,16H,8H2,1-3H3,(H,15,19)(H,17,18)/t11-/m0/s1. The summed E-state index contributed by atoms with van der Waals surface area (Å²) in [5.41, 5.74) is 0.509. The van der Waals surface area contributed by atoms with Crippen molar-refractivity contribution in [3.05, 3.63) is 35.4 Å². The molecule has 20 heavy (non-hydrogen) atoms. The Morgan fingerprint density at radius 1 is 1.25 bits per heavy atom. The summed E-state index contributed by atoms with van der Waals surface area (Å²) in [4.78, 5) is 22.1. The average Bonchev–Trinajstić information content (AvgIpc) is 2.34. The smallest absolute Gasteiger partial charge is 0.407 e. The number of alkyl carbamates (subject to hydrolysis) is 1. The molecule has 1 atom stereocenters. The molecule has 0 saturated heterocycles. The number of hydrogen-bond donors (Lipinski definition) is 3. The number of amides is 1. The normalized spacial score (nSPS) is 12.6. The van der Waals surface area contributed by atoms with Gasteiger partial charge in [-0.25, -0.2) is 9.59 Å². The van der Waals surface area contributed by atoms with Crippen molar-refractivity contribution in [2.75, 3.05) is 0 Å². The number of aliphatic carboxylic acids is 1. The van der Waals surface area contributed by atoms with Crippen molar-refractivity contribution in [3.63, 3.8) is 0 Å². The maximum atomic E-state index is 11.4. The van der Waals surface area contributed by atoms with Crippen LogP contribution in [-0.4, -0.2) is 27.9 Å². The fourth-order valence-corrected chi connectivity index (χ4v) is 1.45. The molecule has 0 radical (unpaired) electrons. The number of carboxylic acids is 1. The van der Waals surface area contributed by atoms with Crippen molar-refractivity contribution < 1.29 is 24.5 Å². The Bertz CT molecular complexity index is 475. The van der Waals surface area contributed by atoms with Crippen LogP contribution in [0.5, 0.6) is 0 Å². The van der Waals surface area contributed by atoms with Gasteiger partial charge in [0.05, 0.1) is 0 Å². The average molecular weight is 281 g/mol. The molecule has 6 heteroatoms. The molecule has 1 aromatic carbocycles. The number of carboxylic acid groups (broad SMARTS) is 1. The van der Waals surface area contributed by atoms with E-state index in [1.165, 1.54) is 12.1 Å². The Kier molecular flexibility index (Phi) is 5.10. The van der Waals surface area contributed by atoms with Crippen LogP contribution in [-0.2, 0) is 16.1 Å². The van der Waals surface area contributed by atoms with E-state index in [0.29, 0.717) is 5.56 Å². The van der Waals surface area contributed by atoms with Crippen molar-refractivity contribution >= 4 is 12.1 Å². The molecule has 0 fully saturated rings. The molecule has 0 aliphatic carbocycles. The van der Waals surface area contributed by atoms with E-state index < -0.39 is 23.8 Å². The lowest BCUT2D eigenvalue weighted by atomic mass is 10.1. The molecule has 0 aromatic heterocycles. The number of benzene rings is 1. The maximum Gasteiger partial charge on any atom is 0.407 e. The maximum absolute atomic E-state index is 11.4. The van der Waals surface area contributed by atoms with Crippen LogP contribution < -0.4 is 5.32 Å². The number of carbonyl (C=O) groups excluding carboxylic acids is 1. The van der Waals surface area contributed by atoms with Gasteiger partial charge in [-0.05, 0) is 31.9 Å². The monoisotopic (exact) mass is 281 g/mol. The fraction of sp³-hybridized carbons (Fsp3) is 0.429. The van der Waals surface area contributed by atoms with Crippen LogP contribution >= 0.6 is 0 Å². The predicted molar refractivity (Wildman–Crippen MR) is 72.1 cm³/mol. The molecule has 6 nitrogen and oxygen atoms in total. The van der Waals surface area contributed by atoms with Gasteiger partial charge in [-0.2, -0.15) is 0 Å². The molecule has 1 aromatic rings. The summed E-state index contributed by atoms with van der Waals surface area (Å²) in [5, 5.41) is 20.6. The van der Waals surface area contributed by atoms with Gasteiger partial charge < -0.3 is 20.3 Å². The van der Waals surface area contributed by atoms with E-state index in [9.17, 15) is 14.7 Å². The topological polar surface area (TPSA) is 95.9 Å². The lowest BCUT2D eigenvalue weighted by Gasteiger charge is -2.19. The minimum Gasteiger partial charge on any atom is -0.479 e. The molecule has 0 bridgehead atoms. The van der Waals surface area contributed by atoms with Crippen LogP contribution in [0.3, 0.4) is 0 Å². The summed E-state index contributed by atoms with van der Waals surface area (Å²) >= 11 is 0. The summed E-state index contributed by atoms with van der Waals surface area (Å²) in [6.07, 6.45) is -2.06. The fourth-order valence-electron chi connectivity index (χ4n) is 1.45. The van der Waals surface area contributed by atoms with E-state index in [2.05, 4.69) is 5.32 Å². The van der Waals surface area contributed by atoms with Gasteiger partial charge in [0.15, 0.2) is 6.10 Å². The Balaban J connectivity index is 2.54. The largest absolute Gasteiger partial charge is 0.479 e. The molecule has 0 heterocycles. The molecule has 3 N–H and O–H groups in total. The molecule has 0 aliphatic heterocycles. The van der Waals surface area contributed by atoms with Crippen molar-refractivity contribution in [2.24, 2.45) is 0 Å². The molecule has 0 spiro atoms. The van der Waals surface area contributed by atoms with Crippen LogP contribution in [0.15, 0.2) is 24.3 Å². The summed E-state index contributed by atoms with van der Waals surface area (Å²) in [6.45, 7) is 5.58. The van der Waals surface area contributed by atoms with E-state index in [1.807, 2.05) is 0 Å². The third kappa shape index (κ3) is 5.27. The number of ether oxygens (including phenoxy) is 1.